The Kier molecular flexibility index (Phi) is 10.5. The highest BCUT2D eigenvalue weighted by atomic mass is 16.3. The molecule has 0 saturated carbocycles. The van der Waals surface area contributed by atoms with E-state index in [0.29, 0.717) is 0 Å². The number of aliphatic hydroxyl groups is 1. The van der Waals surface area contributed by atoms with Gasteiger partial charge in [-0.3, -0.25) is 0 Å². The molecule has 0 aliphatic heterocycles. The van der Waals surface area contributed by atoms with Gasteiger partial charge in [0.25, 0.3) is 0 Å². The molecular formula is C20H34O3. The van der Waals surface area contributed by atoms with E-state index >= 15 is 0 Å². The molecule has 3 N–H and O–H groups in total. The van der Waals surface area contributed by atoms with Gasteiger partial charge < -0.3 is 15.3 Å². The molecule has 23 heavy (non-hydrogen) atoms. The number of unbranched alkanes of at least 4 members (excludes halogenated alkanes) is 9. The molecule has 132 valence electrons. The third-order valence-corrected chi connectivity index (χ3v) is 4.30. The lowest BCUT2D eigenvalue weighted by Gasteiger charge is -2.05. The molecule has 1 atom stereocenters. The number of aryl methyl sites for hydroxylation is 1. The second-order valence-electron chi connectivity index (χ2n) is 6.78. The van der Waals surface area contributed by atoms with Crippen molar-refractivity contribution in [3.05, 3.63) is 23.8 Å². The van der Waals surface area contributed by atoms with Crippen LogP contribution in [-0.4, -0.2) is 21.4 Å². The normalized spacial score (nSPS) is 12.4. The Balaban J connectivity index is 1.88. The van der Waals surface area contributed by atoms with Crippen molar-refractivity contribution in [3.8, 4) is 11.5 Å². The van der Waals surface area contributed by atoms with Crippen molar-refractivity contribution in [2.75, 3.05) is 0 Å². The highest BCUT2D eigenvalue weighted by Crippen LogP contribution is 2.22. The zero-order valence-electron chi connectivity index (χ0n) is 14.6. The number of phenolic OH excluding ortho intramolecular Hbond substituents is 2. The highest BCUT2D eigenvalue weighted by molar-refractivity contribution is 5.36. The van der Waals surface area contributed by atoms with Crippen molar-refractivity contribution in [1.29, 1.82) is 0 Å². The number of phenols is 2. The monoisotopic (exact) mass is 322 g/mol. The van der Waals surface area contributed by atoms with E-state index in [2.05, 4.69) is 0 Å². The molecule has 0 spiro atoms. The highest BCUT2D eigenvalue weighted by Gasteiger charge is 2.00. The Labute approximate surface area is 141 Å². The van der Waals surface area contributed by atoms with Gasteiger partial charge in [-0.05, 0) is 43.9 Å². The van der Waals surface area contributed by atoms with Crippen LogP contribution in [-0.2, 0) is 6.42 Å². The lowest BCUT2D eigenvalue weighted by Crippen LogP contribution is -1.98. The number of aliphatic hydroxyl groups excluding tert-OH is 1. The Morgan fingerprint density at radius 3 is 1.61 bits per heavy atom. The lowest BCUT2D eigenvalue weighted by atomic mass is 10.0. The van der Waals surface area contributed by atoms with Crippen LogP contribution < -0.4 is 0 Å². The second kappa shape index (κ2) is 12.2. The molecule has 0 saturated heterocycles. The Morgan fingerprint density at radius 1 is 0.696 bits per heavy atom. The summed E-state index contributed by atoms with van der Waals surface area (Å²) < 4.78 is 0. The van der Waals surface area contributed by atoms with Gasteiger partial charge in [-0.2, -0.15) is 0 Å². The maximum atomic E-state index is 9.43. The predicted octanol–water partition coefficient (Wildman–Crippen LogP) is 5.31. The number of hydrogen-bond acceptors (Lipinski definition) is 3. The summed E-state index contributed by atoms with van der Waals surface area (Å²) in [6.45, 7) is 1.86. The van der Waals surface area contributed by atoms with Crippen LogP contribution >= 0.6 is 0 Å². The zero-order valence-corrected chi connectivity index (χ0v) is 14.6. The molecule has 1 aromatic rings. The van der Waals surface area contributed by atoms with E-state index in [-0.39, 0.29) is 17.6 Å². The largest absolute Gasteiger partial charge is 0.508 e. The summed E-state index contributed by atoms with van der Waals surface area (Å²) in [5, 5.41) is 28.0. The third kappa shape index (κ3) is 11.0. The minimum absolute atomic E-state index is 0.140. The van der Waals surface area contributed by atoms with E-state index in [4.69, 9.17) is 0 Å². The van der Waals surface area contributed by atoms with Crippen LogP contribution in [0.2, 0.25) is 0 Å². The maximum absolute atomic E-state index is 9.43. The number of benzene rings is 1. The average molecular weight is 322 g/mol. The molecule has 3 heteroatoms. The quantitative estimate of drug-likeness (QED) is 0.431. The van der Waals surface area contributed by atoms with Crippen LogP contribution in [0.25, 0.3) is 0 Å². The van der Waals surface area contributed by atoms with Crippen LogP contribution in [0.3, 0.4) is 0 Å². The molecule has 0 aliphatic rings. The summed E-state index contributed by atoms with van der Waals surface area (Å²) in [5.74, 6) is 0.293. The SMILES string of the molecule is C[C@H](O)CCCCCCCCCCCCc1cc(O)cc(O)c1. The first-order chi connectivity index (χ1) is 11.1. The molecule has 0 aromatic heterocycles. The summed E-state index contributed by atoms with van der Waals surface area (Å²) in [6, 6.07) is 4.84. The van der Waals surface area contributed by atoms with Crippen molar-refractivity contribution >= 4 is 0 Å². The molecule has 0 amide bonds. The summed E-state index contributed by atoms with van der Waals surface area (Å²) in [7, 11) is 0. The fourth-order valence-corrected chi connectivity index (χ4v) is 2.98. The first-order valence-electron chi connectivity index (χ1n) is 9.28. The molecule has 0 heterocycles. The van der Waals surface area contributed by atoms with E-state index in [1.54, 1.807) is 12.1 Å². The van der Waals surface area contributed by atoms with E-state index in [0.717, 1.165) is 31.2 Å². The summed E-state index contributed by atoms with van der Waals surface area (Å²) >= 11 is 0. The minimum Gasteiger partial charge on any atom is -0.508 e. The topological polar surface area (TPSA) is 60.7 Å². The second-order valence-corrected chi connectivity index (χ2v) is 6.78. The van der Waals surface area contributed by atoms with Crippen molar-refractivity contribution in [2.45, 2.75) is 90.1 Å². The molecule has 0 bridgehead atoms. The molecule has 0 aliphatic carbocycles. The van der Waals surface area contributed by atoms with Crippen molar-refractivity contribution in [2.24, 2.45) is 0 Å². The smallest absolute Gasteiger partial charge is 0.119 e. The predicted molar refractivity (Wildman–Crippen MR) is 95.9 cm³/mol. The van der Waals surface area contributed by atoms with Crippen LogP contribution in [0.1, 0.15) is 83.1 Å². The van der Waals surface area contributed by atoms with E-state index in [9.17, 15) is 15.3 Å². The van der Waals surface area contributed by atoms with Crippen molar-refractivity contribution in [1.82, 2.24) is 0 Å². The standard InChI is InChI=1S/C20H34O3/c1-17(21)12-10-8-6-4-2-3-5-7-9-11-13-18-14-19(22)16-20(23)15-18/h14-17,21-23H,2-13H2,1H3/t17-/m0/s1. The van der Waals surface area contributed by atoms with Gasteiger partial charge in [-0.25, -0.2) is 0 Å². The van der Waals surface area contributed by atoms with Gasteiger partial charge >= 0.3 is 0 Å². The maximum Gasteiger partial charge on any atom is 0.119 e. The number of aromatic hydroxyl groups is 2. The van der Waals surface area contributed by atoms with Crippen LogP contribution in [0.5, 0.6) is 11.5 Å². The van der Waals surface area contributed by atoms with Crippen LogP contribution in [0.4, 0.5) is 0 Å². The Morgan fingerprint density at radius 2 is 1.13 bits per heavy atom. The fourth-order valence-electron chi connectivity index (χ4n) is 2.98. The summed E-state index contributed by atoms with van der Waals surface area (Å²) in [6.07, 6.45) is 14.3. The third-order valence-electron chi connectivity index (χ3n) is 4.30. The molecule has 0 fully saturated rings. The van der Waals surface area contributed by atoms with Gasteiger partial charge in [0, 0.05) is 6.07 Å². The van der Waals surface area contributed by atoms with Crippen LogP contribution in [0.15, 0.2) is 18.2 Å². The molecule has 0 radical (unpaired) electrons. The lowest BCUT2D eigenvalue weighted by molar-refractivity contribution is 0.180. The van der Waals surface area contributed by atoms with E-state index < -0.39 is 0 Å². The van der Waals surface area contributed by atoms with E-state index in [1.807, 2.05) is 6.92 Å². The van der Waals surface area contributed by atoms with Crippen LogP contribution in [0, 0.1) is 0 Å². The zero-order chi connectivity index (χ0) is 16.9. The molecule has 3 nitrogen and oxygen atoms in total. The summed E-state index contributed by atoms with van der Waals surface area (Å²) in [5.41, 5.74) is 1.01. The van der Waals surface area contributed by atoms with Gasteiger partial charge in [-0.1, -0.05) is 57.8 Å². The molecular weight excluding hydrogens is 288 g/mol. The molecule has 1 rings (SSSR count). The number of hydrogen-bond donors (Lipinski definition) is 3. The number of rotatable bonds is 13. The van der Waals surface area contributed by atoms with Crippen molar-refractivity contribution in [3.63, 3.8) is 0 Å². The Hall–Kier alpha value is -1.22. The van der Waals surface area contributed by atoms with Gasteiger partial charge in [0.15, 0.2) is 0 Å². The first kappa shape index (κ1) is 19.8. The van der Waals surface area contributed by atoms with Crippen molar-refractivity contribution < 1.29 is 15.3 Å². The average Bonchev–Trinajstić information content (AvgIpc) is 2.47. The molecule has 0 unspecified atom stereocenters. The first-order valence-corrected chi connectivity index (χ1v) is 9.28. The van der Waals surface area contributed by atoms with Gasteiger partial charge in [0.1, 0.15) is 11.5 Å². The van der Waals surface area contributed by atoms with Gasteiger partial charge in [-0.15, -0.1) is 0 Å². The van der Waals surface area contributed by atoms with Gasteiger partial charge in [0.2, 0.25) is 0 Å². The summed E-state index contributed by atoms with van der Waals surface area (Å²) in [4.78, 5) is 0. The van der Waals surface area contributed by atoms with Gasteiger partial charge in [0.05, 0.1) is 6.10 Å². The van der Waals surface area contributed by atoms with E-state index in [1.165, 1.54) is 57.4 Å². The Bertz CT molecular complexity index is 395. The minimum atomic E-state index is -0.140. The fraction of sp³-hybridized carbons (Fsp3) is 0.700. The molecule has 1 aromatic carbocycles.